The summed E-state index contributed by atoms with van der Waals surface area (Å²) in [7, 11) is 4.82. The monoisotopic (exact) mass is 485 g/mol. The van der Waals surface area contributed by atoms with Crippen LogP contribution < -0.4 is 14.2 Å². The second-order valence-corrected chi connectivity index (χ2v) is 8.50. The molecule has 0 saturated carbocycles. The molecule has 0 spiro atoms. The number of methoxy groups -OCH3 is 3. The molecule has 2 N–H and O–H groups in total. The second-order valence-electron chi connectivity index (χ2n) is 8.50. The van der Waals surface area contributed by atoms with Gasteiger partial charge in [-0.15, -0.1) is 0 Å². The number of ether oxygens (including phenoxy) is 3. The molecule has 1 amide bonds. The zero-order valence-corrected chi connectivity index (χ0v) is 20.3. The van der Waals surface area contributed by atoms with E-state index in [1.165, 1.54) is 0 Å². The Morgan fingerprint density at radius 1 is 0.944 bits per heavy atom. The van der Waals surface area contributed by atoms with Crippen LogP contribution in [0, 0.1) is 0 Å². The van der Waals surface area contributed by atoms with Crippen LogP contribution in [-0.4, -0.2) is 54.0 Å². The molecule has 0 fully saturated rings. The standard InChI is InChI=1S/C28H27N3O5/c1-34-19-8-6-7-18(16-19)27-24-25(20-9-4-5-10-21(20)32)29-30-26(24)28(33)31(27)14-13-17-11-12-22(35-2)23(15-17)36-3/h4-12,15-16,27,32H,13-14H2,1-3H3,(H,29,30)/t27-/m1/s1. The molecule has 0 unspecified atom stereocenters. The SMILES string of the molecule is COc1cccc([C@@H]2c3c(-c4ccccc4O)n[nH]c3C(=O)N2CCc2ccc(OC)c(OC)c2)c1. The van der Waals surface area contributed by atoms with E-state index in [2.05, 4.69) is 10.2 Å². The van der Waals surface area contributed by atoms with Gasteiger partial charge in [0.15, 0.2) is 11.5 Å². The van der Waals surface area contributed by atoms with Gasteiger partial charge in [-0.2, -0.15) is 5.10 Å². The molecule has 2 heterocycles. The molecule has 4 aromatic rings. The number of H-pyrrole nitrogens is 1. The predicted molar refractivity (Wildman–Crippen MR) is 135 cm³/mol. The van der Waals surface area contributed by atoms with Crippen LogP contribution >= 0.6 is 0 Å². The van der Waals surface area contributed by atoms with Crippen molar-refractivity contribution in [2.75, 3.05) is 27.9 Å². The van der Waals surface area contributed by atoms with Gasteiger partial charge in [0, 0.05) is 17.7 Å². The molecule has 36 heavy (non-hydrogen) atoms. The Kier molecular flexibility index (Phi) is 6.25. The fourth-order valence-corrected chi connectivity index (χ4v) is 4.75. The maximum atomic E-state index is 13.6. The summed E-state index contributed by atoms with van der Waals surface area (Å²) in [6, 6.07) is 20.0. The number of aromatic amines is 1. The van der Waals surface area contributed by atoms with Crippen molar-refractivity contribution in [3.8, 4) is 34.3 Å². The van der Waals surface area contributed by atoms with Crippen molar-refractivity contribution >= 4 is 5.91 Å². The molecule has 0 bridgehead atoms. The highest BCUT2D eigenvalue weighted by atomic mass is 16.5. The first-order chi connectivity index (χ1) is 17.5. The van der Waals surface area contributed by atoms with Crippen molar-refractivity contribution in [1.29, 1.82) is 0 Å². The number of rotatable bonds is 8. The highest BCUT2D eigenvalue weighted by Gasteiger charge is 2.42. The zero-order valence-electron chi connectivity index (χ0n) is 20.3. The Balaban J connectivity index is 1.55. The lowest BCUT2D eigenvalue weighted by atomic mass is 9.95. The summed E-state index contributed by atoms with van der Waals surface area (Å²) in [5.74, 6) is 1.95. The summed E-state index contributed by atoms with van der Waals surface area (Å²) in [4.78, 5) is 15.5. The van der Waals surface area contributed by atoms with E-state index in [0.717, 1.165) is 16.7 Å². The van der Waals surface area contributed by atoms with Crippen LogP contribution in [0.2, 0.25) is 0 Å². The number of hydrogen-bond acceptors (Lipinski definition) is 6. The van der Waals surface area contributed by atoms with Crippen LogP contribution in [0.3, 0.4) is 0 Å². The Bertz CT molecular complexity index is 1410. The fourth-order valence-electron chi connectivity index (χ4n) is 4.75. The number of phenols is 1. The predicted octanol–water partition coefficient (Wildman–Crippen LogP) is 4.60. The van der Waals surface area contributed by atoms with Crippen LogP contribution in [-0.2, 0) is 6.42 Å². The number of benzene rings is 3. The van der Waals surface area contributed by atoms with Crippen LogP contribution in [0.4, 0.5) is 0 Å². The average molecular weight is 486 g/mol. The quantitative estimate of drug-likeness (QED) is 0.379. The van der Waals surface area contributed by atoms with Gasteiger partial charge in [0.25, 0.3) is 5.91 Å². The minimum absolute atomic E-state index is 0.104. The van der Waals surface area contributed by atoms with E-state index in [4.69, 9.17) is 14.2 Å². The maximum Gasteiger partial charge on any atom is 0.273 e. The van der Waals surface area contributed by atoms with Crippen LogP contribution in [0.15, 0.2) is 66.7 Å². The molecule has 8 heteroatoms. The third-order valence-corrected chi connectivity index (χ3v) is 6.52. The van der Waals surface area contributed by atoms with Crippen molar-refractivity contribution in [2.24, 2.45) is 0 Å². The number of hydrogen-bond donors (Lipinski definition) is 2. The number of nitrogens with zero attached hydrogens (tertiary/aromatic N) is 2. The van der Waals surface area contributed by atoms with Gasteiger partial charge in [-0.3, -0.25) is 9.89 Å². The van der Waals surface area contributed by atoms with Gasteiger partial charge in [-0.1, -0.05) is 30.3 Å². The highest BCUT2D eigenvalue weighted by molar-refractivity contribution is 6.00. The van der Waals surface area contributed by atoms with Gasteiger partial charge < -0.3 is 24.2 Å². The molecular weight excluding hydrogens is 458 g/mol. The number of aromatic hydroxyl groups is 1. The number of carbonyl (C=O) groups excluding carboxylic acids is 1. The lowest BCUT2D eigenvalue weighted by Gasteiger charge is -2.27. The largest absolute Gasteiger partial charge is 0.507 e. The van der Waals surface area contributed by atoms with Gasteiger partial charge in [0.1, 0.15) is 22.9 Å². The van der Waals surface area contributed by atoms with Crippen LogP contribution in [0.5, 0.6) is 23.0 Å². The normalized spacial score (nSPS) is 14.6. The third kappa shape index (κ3) is 4.00. The lowest BCUT2D eigenvalue weighted by Crippen LogP contribution is -2.31. The van der Waals surface area contributed by atoms with E-state index < -0.39 is 6.04 Å². The number of aromatic nitrogens is 2. The first kappa shape index (κ1) is 23.3. The average Bonchev–Trinajstić information content (AvgIpc) is 3.46. The number of para-hydroxylation sites is 1. The first-order valence-corrected chi connectivity index (χ1v) is 11.6. The van der Waals surface area contributed by atoms with Gasteiger partial charge in [0.05, 0.1) is 27.4 Å². The number of amides is 1. The van der Waals surface area contributed by atoms with E-state index in [0.29, 0.717) is 47.2 Å². The number of phenolic OH excluding ortho intramolecular Hbond substituents is 1. The smallest absolute Gasteiger partial charge is 0.273 e. The van der Waals surface area contributed by atoms with Crippen molar-refractivity contribution in [3.63, 3.8) is 0 Å². The Hall–Kier alpha value is -4.46. The molecule has 5 rings (SSSR count). The molecule has 8 nitrogen and oxygen atoms in total. The molecule has 1 atom stereocenters. The highest BCUT2D eigenvalue weighted by Crippen LogP contribution is 2.45. The molecule has 0 aliphatic carbocycles. The topological polar surface area (TPSA) is 96.9 Å². The molecular formula is C28H27N3O5. The maximum absolute atomic E-state index is 13.6. The Labute approximate surface area is 209 Å². The van der Waals surface area contributed by atoms with E-state index in [1.54, 1.807) is 39.5 Å². The molecule has 0 saturated heterocycles. The molecule has 1 aliphatic rings. The number of nitrogens with one attached hydrogen (secondary N) is 1. The third-order valence-electron chi connectivity index (χ3n) is 6.52. The van der Waals surface area contributed by atoms with Gasteiger partial charge in [-0.05, 0) is 53.9 Å². The van der Waals surface area contributed by atoms with E-state index in [-0.39, 0.29) is 11.7 Å². The molecule has 0 radical (unpaired) electrons. The summed E-state index contributed by atoms with van der Waals surface area (Å²) in [5.41, 5.74) is 4.19. The van der Waals surface area contributed by atoms with Crippen LogP contribution in [0.25, 0.3) is 11.3 Å². The minimum Gasteiger partial charge on any atom is -0.507 e. The van der Waals surface area contributed by atoms with Crippen molar-refractivity contribution in [1.82, 2.24) is 15.1 Å². The van der Waals surface area contributed by atoms with E-state index in [1.807, 2.05) is 53.4 Å². The van der Waals surface area contributed by atoms with E-state index in [9.17, 15) is 9.90 Å². The molecule has 1 aliphatic heterocycles. The summed E-state index contributed by atoms with van der Waals surface area (Å²) >= 11 is 0. The van der Waals surface area contributed by atoms with Crippen molar-refractivity contribution in [3.05, 3.63) is 89.1 Å². The Morgan fingerprint density at radius 2 is 1.75 bits per heavy atom. The second kappa shape index (κ2) is 9.65. The zero-order chi connectivity index (χ0) is 25.2. The van der Waals surface area contributed by atoms with Gasteiger partial charge in [0.2, 0.25) is 0 Å². The summed E-state index contributed by atoms with van der Waals surface area (Å²) < 4.78 is 16.3. The molecule has 184 valence electrons. The van der Waals surface area contributed by atoms with Crippen molar-refractivity contribution in [2.45, 2.75) is 12.5 Å². The van der Waals surface area contributed by atoms with E-state index >= 15 is 0 Å². The minimum atomic E-state index is -0.406. The van der Waals surface area contributed by atoms with Crippen molar-refractivity contribution < 1.29 is 24.1 Å². The van der Waals surface area contributed by atoms with Gasteiger partial charge in [-0.25, -0.2) is 0 Å². The Morgan fingerprint density at radius 3 is 2.50 bits per heavy atom. The number of fused-ring (bicyclic) bond motifs is 1. The summed E-state index contributed by atoms with van der Waals surface area (Å²) in [6.45, 7) is 0.457. The number of carbonyl (C=O) groups is 1. The fraction of sp³-hybridized carbons (Fsp3) is 0.214. The van der Waals surface area contributed by atoms with Gasteiger partial charge >= 0.3 is 0 Å². The lowest BCUT2D eigenvalue weighted by molar-refractivity contribution is 0.0745. The summed E-state index contributed by atoms with van der Waals surface area (Å²) in [5, 5.41) is 17.9. The summed E-state index contributed by atoms with van der Waals surface area (Å²) in [6.07, 6.45) is 0.607. The first-order valence-electron chi connectivity index (χ1n) is 11.6. The molecule has 3 aromatic carbocycles. The molecule has 1 aromatic heterocycles. The van der Waals surface area contributed by atoms with Crippen LogP contribution in [0.1, 0.15) is 33.2 Å².